The number of aryl methyl sites for hydroxylation is 1. The molecule has 0 aromatic carbocycles. The smallest absolute Gasteiger partial charge is 0.270 e. The molecule has 5 heteroatoms. The number of carbonyl (C=O) groups excluding carboxylic acids is 1. The van der Waals surface area contributed by atoms with Gasteiger partial charge in [0.15, 0.2) is 0 Å². The Morgan fingerprint density at radius 3 is 2.78 bits per heavy atom. The van der Waals surface area contributed by atoms with Crippen LogP contribution in [-0.4, -0.2) is 39.2 Å². The SMILES string of the molecule is Cn1cccc1C(=O)N1Cc2cccn2CC(OCC2CC2)C1. The van der Waals surface area contributed by atoms with Gasteiger partial charge in [-0.2, -0.15) is 0 Å². The number of rotatable bonds is 4. The molecule has 5 nitrogen and oxygen atoms in total. The van der Waals surface area contributed by atoms with E-state index in [1.807, 2.05) is 40.9 Å². The molecule has 2 aromatic heterocycles. The highest BCUT2D eigenvalue weighted by molar-refractivity contribution is 5.92. The Bertz CT molecular complexity index is 699. The van der Waals surface area contributed by atoms with Gasteiger partial charge in [-0.15, -0.1) is 0 Å². The molecule has 1 amide bonds. The summed E-state index contributed by atoms with van der Waals surface area (Å²) in [4.78, 5) is 14.8. The fourth-order valence-electron chi connectivity index (χ4n) is 3.22. The first-order valence-electron chi connectivity index (χ1n) is 8.37. The van der Waals surface area contributed by atoms with E-state index < -0.39 is 0 Å². The van der Waals surface area contributed by atoms with Crippen LogP contribution in [0.5, 0.6) is 0 Å². The molecule has 1 atom stereocenters. The van der Waals surface area contributed by atoms with Crippen molar-refractivity contribution in [1.82, 2.24) is 14.0 Å². The van der Waals surface area contributed by atoms with Gasteiger partial charge in [-0.1, -0.05) is 0 Å². The van der Waals surface area contributed by atoms with Gasteiger partial charge in [0, 0.05) is 38.3 Å². The summed E-state index contributed by atoms with van der Waals surface area (Å²) in [5.41, 5.74) is 1.90. The first kappa shape index (κ1) is 14.6. The lowest BCUT2D eigenvalue weighted by Crippen LogP contribution is -2.38. The second-order valence-corrected chi connectivity index (χ2v) is 6.74. The van der Waals surface area contributed by atoms with Crippen LogP contribution in [-0.2, 0) is 24.9 Å². The molecule has 2 aliphatic rings. The summed E-state index contributed by atoms with van der Waals surface area (Å²) in [5, 5.41) is 0. The lowest BCUT2D eigenvalue weighted by atomic mass is 10.2. The highest BCUT2D eigenvalue weighted by Gasteiger charge is 2.29. The zero-order valence-corrected chi connectivity index (χ0v) is 13.5. The highest BCUT2D eigenvalue weighted by atomic mass is 16.5. The summed E-state index contributed by atoms with van der Waals surface area (Å²) >= 11 is 0. The summed E-state index contributed by atoms with van der Waals surface area (Å²) in [6.07, 6.45) is 6.63. The molecule has 1 aliphatic heterocycles. The van der Waals surface area contributed by atoms with Crippen molar-refractivity contribution in [3.05, 3.63) is 48.0 Å². The molecular weight excluding hydrogens is 290 g/mol. The number of fused-ring (bicyclic) bond motifs is 1. The van der Waals surface area contributed by atoms with Crippen LogP contribution in [0.3, 0.4) is 0 Å². The maximum Gasteiger partial charge on any atom is 0.270 e. The number of nitrogens with zero attached hydrogens (tertiary/aromatic N) is 3. The molecular formula is C18H23N3O2. The fraction of sp³-hybridized carbons (Fsp3) is 0.500. The molecule has 0 radical (unpaired) electrons. The van der Waals surface area contributed by atoms with Crippen molar-refractivity contribution in [2.45, 2.75) is 32.0 Å². The van der Waals surface area contributed by atoms with Crippen LogP contribution < -0.4 is 0 Å². The zero-order chi connectivity index (χ0) is 15.8. The van der Waals surface area contributed by atoms with Gasteiger partial charge < -0.3 is 18.8 Å². The normalized spacial score (nSPS) is 21.1. The van der Waals surface area contributed by atoms with Crippen LogP contribution in [0.1, 0.15) is 29.0 Å². The van der Waals surface area contributed by atoms with Gasteiger partial charge in [-0.25, -0.2) is 0 Å². The minimum absolute atomic E-state index is 0.0634. The Kier molecular flexibility index (Phi) is 3.73. The number of ether oxygens (including phenoxy) is 1. The Morgan fingerprint density at radius 1 is 1.22 bits per heavy atom. The van der Waals surface area contributed by atoms with Crippen molar-refractivity contribution < 1.29 is 9.53 Å². The van der Waals surface area contributed by atoms with E-state index in [2.05, 4.69) is 16.8 Å². The van der Waals surface area contributed by atoms with E-state index in [1.54, 1.807) is 0 Å². The average Bonchev–Trinajstić information content (AvgIpc) is 3.18. The number of hydrogen-bond acceptors (Lipinski definition) is 2. The van der Waals surface area contributed by atoms with E-state index in [0.29, 0.717) is 13.1 Å². The molecule has 0 saturated heterocycles. The Morgan fingerprint density at radius 2 is 2.04 bits per heavy atom. The molecule has 0 spiro atoms. The summed E-state index contributed by atoms with van der Waals surface area (Å²) in [5.74, 6) is 0.812. The molecule has 23 heavy (non-hydrogen) atoms. The fourth-order valence-corrected chi connectivity index (χ4v) is 3.22. The second-order valence-electron chi connectivity index (χ2n) is 6.74. The standard InChI is InChI=1S/C18H23N3O2/c1-19-8-3-5-17(19)18(22)21-10-15-4-2-9-20(15)11-16(12-21)23-13-14-6-7-14/h2-5,8-9,14,16H,6-7,10-13H2,1H3. The van der Waals surface area contributed by atoms with E-state index in [4.69, 9.17) is 4.74 Å². The Balaban J connectivity index is 1.55. The van der Waals surface area contributed by atoms with Crippen LogP contribution in [0, 0.1) is 5.92 Å². The number of aromatic nitrogens is 2. The van der Waals surface area contributed by atoms with E-state index in [9.17, 15) is 4.79 Å². The van der Waals surface area contributed by atoms with Gasteiger partial charge in [0.1, 0.15) is 5.69 Å². The topological polar surface area (TPSA) is 39.4 Å². The summed E-state index contributed by atoms with van der Waals surface area (Å²) < 4.78 is 10.2. The maximum atomic E-state index is 12.9. The predicted molar refractivity (Wildman–Crippen MR) is 87.0 cm³/mol. The average molecular weight is 313 g/mol. The maximum absolute atomic E-state index is 12.9. The zero-order valence-electron chi connectivity index (χ0n) is 13.5. The van der Waals surface area contributed by atoms with Gasteiger partial charge >= 0.3 is 0 Å². The van der Waals surface area contributed by atoms with E-state index in [-0.39, 0.29) is 12.0 Å². The number of amides is 1. The molecule has 2 aromatic rings. The third-order valence-corrected chi connectivity index (χ3v) is 4.82. The number of hydrogen-bond donors (Lipinski definition) is 0. The molecule has 122 valence electrons. The lowest BCUT2D eigenvalue weighted by molar-refractivity contribution is 0.0147. The molecule has 1 unspecified atom stereocenters. The largest absolute Gasteiger partial charge is 0.374 e. The van der Waals surface area contributed by atoms with Crippen molar-refractivity contribution in [2.75, 3.05) is 13.2 Å². The van der Waals surface area contributed by atoms with Crippen LogP contribution in [0.2, 0.25) is 0 Å². The molecule has 4 rings (SSSR count). The van der Waals surface area contributed by atoms with Gasteiger partial charge in [0.25, 0.3) is 5.91 Å². The van der Waals surface area contributed by atoms with Crippen molar-refractivity contribution in [3.63, 3.8) is 0 Å². The molecule has 0 bridgehead atoms. The van der Waals surface area contributed by atoms with Crippen molar-refractivity contribution in [3.8, 4) is 0 Å². The minimum atomic E-state index is 0.0634. The van der Waals surface area contributed by atoms with Crippen LogP contribution in [0.4, 0.5) is 0 Å². The first-order chi connectivity index (χ1) is 11.2. The van der Waals surface area contributed by atoms with Crippen molar-refractivity contribution >= 4 is 5.91 Å². The lowest BCUT2D eigenvalue weighted by Gasteiger charge is -2.24. The van der Waals surface area contributed by atoms with Crippen LogP contribution >= 0.6 is 0 Å². The van der Waals surface area contributed by atoms with Gasteiger partial charge in [0.2, 0.25) is 0 Å². The van der Waals surface area contributed by atoms with Crippen LogP contribution in [0.15, 0.2) is 36.7 Å². The quantitative estimate of drug-likeness (QED) is 0.869. The second kappa shape index (κ2) is 5.89. The van der Waals surface area contributed by atoms with Gasteiger partial charge in [0.05, 0.1) is 19.2 Å². The van der Waals surface area contributed by atoms with E-state index in [0.717, 1.165) is 24.8 Å². The van der Waals surface area contributed by atoms with Gasteiger partial charge in [-0.3, -0.25) is 4.79 Å². The molecule has 1 saturated carbocycles. The van der Waals surface area contributed by atoms with E-state index >= 15 is 0 Å². The predicted octanol–water partition coefficient (Wildman–Crippen LogP) is 2.28. The van der Waals surface area contributed by atoms with Gasteiger partial charge in [-0.05, 0) is 43.0 Å². The van der Waals surface area contributed by atoms with Crippen LogP contribution in [0.25, 0.3) is 0 Å². The summed E-state index contributed by atoms with van der Waals surface area (Å²) in [6, 6.07) is 7.93. The monoisotopic (exact) mass is 313 g/mol. The minimum Gasteiger partial charge on any atom is -0.374 e. The van der Waals surface area contributed by atoms with Crippen molar-refractivity contribution in [2.24, 2.45) is 13.0 Å². The third-order valence-electron chi connectivity index (χ3n) is 4.82. The Labute approximate surface area is 136 Å². The highest BCUT2D eigenvalue weighted by Crippen LogP contribution is 2.29. The first-order valence-corrected chi connectivity index (χ1v) is 8.37. The molecule has 0 N–H and O–H groups in total. The third kappa shape index (κ3) is 3.06. The van der Waals surface area contributed by atoms with Crippen molar-refractivity contribution in [1.29, 1.82) is 0 Å². The Hall–Kier alpha value is -2.01. The molecule has 1 fully saturated rings. The molecule has 3 heterocycles. The summed E-state index contributed by atoms with van der Waals surface area (Å²) in [6.45, 7) is 2.94. The van der Waals surface area contributed by atoms with E-state index in [1.165, 1.54) is 18.5 Å². The summed E-state index contributed by atoms with van der Waals surface area (Å²) in [7, 11) is 1.91. The number of carbonyl (C=O) groups is 1. The molecule has 1 aliphatic carbocycles.